The van der Waals surface area contributed by atoms with E-state index in [9.17, 15) is 4.79 Å². The quantitative estimate of drug-likeness (QED) is 0.495. The zero-order chi connectivity index (χ0) is 12.2. The second-order valence-corrected chi connectivity index (χ2v) is 8.01. The van der Waals surface area contributed by atoms with E-state index in [1.165, 1.54) is 12.8 Å². The minimum Gasteiger partial charge on any atom is -0.493 e. The van der Waals surface area contributed by atoms with Crippen molar-refractivity contribution in [1.82, 2.24) is 0 Å². The molecule has 1 aliphatic heterocycles. The third-order valence-corrected chi connectivity index (χ3v) is 5.61. The fourth-order valence-electron chi connectivity index (χ4n) is 3.54. The molecule has 3 rings (SSSR count). The minimum absolute atomic E-state index is 0.0875. The fraction of sp³-hybridized carbons (Fsp3) is 0.786. The molecule has 1 saturated carbocycles. The van der Waals surface area contributed by atoms with Crippen molar-refractivity contribution in [3.8, 4) is 0 Å². The number of fused-ring (bicyclic) bond motifs is 2. The van der Waals surface area contributed by atoms with E-state index in [0.29, 0.717) is 22.0 Å². The van der Waals surface area contributed by atoms with Gasteiger partial charge < -0.3 is 4.74 Å². The van der Waals surface area contributed by atoms with Gasteiger partial charge in [0.1, 0.15) is 11.9 Å². The van der Waals surface area contributed by atoms with E-state index in [4.69, 9.17) is 4.74 Å². The fourth-order valence-corrected chi connectivity index (χ4v) is 4.63. The summed E-state index contributed by atoms with van der Waals surface area (Å²) in [4.78, 5) is 12.3. The zero-order valence-electron chi connectivity index (χ0n) is 10.5. The van der Waals surface area contributed by atoms with Crippen LogP contribution in [0.3, 0.4) is 0 Å². The number of rotatable bonds is 0. The molecule has 0 aromatic rings. The summed E-state index contributed by atoms with van der Waals surface area (Å²) in [5.74, 6) is 1.79. The molecule has 0 spiro atoms. The molecule has 0 saturated heterocycles. The monoisotopic (exact) mass is 346 g/mol. The van der Waals surface area contributed by atoms with Gasteiger partial charge in [-0.05, 0) is 18.3 Å². The Balaban J connectivity index is 1.94. The molecular formula is C14H19IO2. The molecule has 2 aliphatic carbocycles. The van der Waals surface area contributed by atoms with E-state index in [1.807, 2.05) is 0 Å². The molecule has 1 fully saturated rings. The Morgan fingerprint density at radius 3 is 2.82 bits per heavy atom. The largest absolute Gasteiger partial charge is 0.493 e. The third-order valence-electron chi connectivity index (χ3n) is 4.28. The van der Waals surface area contributed by atoms with Crippen molar-refractivity contribution in [3.63, 3.8) is 0 Å². The van der Waals surface area contributed by atoms with Gasteiger partial charge >= 0.3 is 0 Å². The normalized spacial score (nSPS) is 39.7. The van der Waals surface area contributed by atoms with Crippen LogP contribution < -0.4 is 0 Å². The van der Waals surface area contributed by atoms with E-state index in [0.717, 1.165) is 24.2 Å². The number of allylic oxidation sites excluding steroid dienone is 1. The third kappa shape index (κ3) is 1.94. The molecule has 0 amide bonds. The first-order valence-corrected chi connectivity index (χ1v) is 7.79. The van der Waals surface area contributed by atoms with Gasteiger partial charge in [0, 0.05) is 28.3 Å². The van der Waals surface area contributed by atoms with Crippen LogP contribution in [-0.2, 0) is 9.53 Å². The molecule has 17 heavy (non-hydrogen) atoms. The summed E-state index contributed by atoms with van der Waals surface area (Å²) in [5.41, 5.74) is 1.15. The smallest absolute Gasteiger partial charge is 0.163 e. The standard InChI is InChI=1S/C14H19IO2/c1-14(2)6-10(16)12-8-4-3-5-9(15)13(8)17-11(12)7-14/h8-9,13H,3-7H2,1-2H3. The summed E-state index contributed by atoms with van der Waals surface area (Å²) < 4.78 is 6.72. The Hall–Kier alpha value is -0.0600. The van der Waals surface area contributed by atoms with Gasteiger partial charge in [-0.2, -0.15) is 0 Å². The maximum absolute atomic E-state index is 12.3. The summed E-state index contributed by atoms with van der Waals surface area (Å²) >= 11 is 2.50. The summed E-state index contributed by atoms with van der Waals surface area (Å²) in [5, 5.41) is 0. The Bertz CT molecular complexity index is 397. The van der Waals surface area contributed by atoms with Crippen molar-refractivity contribution in [3.05, 3.63) is 11.3 Å². The molecule has 3 aliphatic rings. The van der Waals surface area contributed by atoms with Crippen molar-refractivity contribution >= 4 is 28.4 Å². The average Bonchev–Trinajstić information content (AvgIpc) is 2.55. The molecule has 2 nitrogen and oxygen atoms in total. The van der Waals surface area contributed by atoms with E-state index in [-0.39, 0.29) is 11.5 Å². The zero-order valence-corrected chi connectivity index (χ0v) is 12.6. The molecular weight excluding hydrogens is 327 g/mol. The topological polar surface area (TPSA) is 26.3 Å². The van der Waals surface area contributed by atoms with E-state index < -0.39 is 0 Å². The lowest BCUT2D eigenvalue weighted by Gasteiger charge is -2.30. The molecule has 0 bridgehead atoms. The first-order chi connectivity index (χ1) is 7.98. The number of carbonyl (C=O) groups is 1. The van der Waals surface area contributed by atoms with Gasteiger partial charge in [0.15, 0.2) is 5.78 Å². The highest BCUT2D eigenvalue weighted by Gasteiger charge is 2.48. The van der Waals surface area contributed by atoms with E-state index in [1.54, 1.807) is 0 Å². The summed E-state index contributed by atoms with van der Waals surface area (Å²) in [6, 6.07) is 0. The summed E-state index contributed by atoms with van der Waals surface area (Å²) in [6.07, 6.45) is 5.56. The predicted octanol–water partition coefficient (Wildman–Crippen LogP) is 3.63. The van der Waals surface area contributed by atoms with Crippen molar-refractivity contribution in [1.29, 1.82) is 0 Å². The van der Waals surface area contributed by atoms with Gasteiger partial charge in [-0.15, -0.1) is 0 Å². The lowest BCUT2D eigenvalue weighted by molar-refractivity contribution is -0.118. The lowest BCUT2D eigenvalue weighted by atomic mass is 9.72. The predicted molar refractivity (Wildman–Crippen MR) is 75.1 cm³/mol. The van der Waals surface area contributed by atoms with Crippen LogP contribution in [0.1, 0.15) is 46.0 Å². The molecule has 3 heteroatoms. The maximum atomic E-state index is 12.3. The van der Waals surface area contributed by atoms with Gasteiger partial charge in [-0.3, -0.25) is 4.79 Å². The van der Waals surface area contributed by atoms with Crippen LogP contribution in [0.15, 0.2) is 11.3 Å². The van der Waals surface area contributed by atoms with Gasteiger partial charge in [0.2, 0.25) is 0 Å². The van der Waals surface area contributed by atoms with Crippen LogP contribution >= 0.6 is 22.6 Å². The molecule has 0 aromatic carbocycles. The van der Waals surface area contributed by atoms with Crippen molar-refractivity contribution in [2.24, 2.45) is 11.3 Å². The minimum atomic E-state index is 0.0875. The van der Waals surface area contributed by atoms with E-state index in [2.05, 4.69) is 36.4 Å². The van der Waals surface area contributed by atoms with E-state index >= 15 is 0 Å². The van der Waals surface area contributed by atoms with Gasteiger partial charge in [0.05, 0.1) is 0 Å². The Morgan fingerprint density at radius 2 is 2.06 bits per heavy atom. The number of halogens is 1. The molecule has 0 aromatic heterocycles. The molecule has 3 unspecified atom stereocenters. The first-order valence-electron chi connectivity index (χ1n) is 6.55. The van der Waals surface area contributed by atoms with Crippen molar-refractivity contribution in [2.75, 3.05) is 0 Å². The van der Waals surface area contributed by atoms with Crippen LogP contribution in [0, 0.1) is 11.3 Å². The van der Waals surface area contributed by atoms with Crippen molar-refractivity contribution in [2.45, 2.75) is 56.0 Å². The second-order valence-electron chi connectivity index (χ2n) is 6.41. The van der Waals surface area contributed by atoms with Crippen LogP contribution in [-0.4, -0.2) is 15.8 Å². The van der Waals surface area contributed by atoms with Gasteiger partial charge in [-0.25, -0.2) is 0 Å². The number of ketones is 1. The SMILES string of the molecule is CC1(C)CC(=O)C2=C(C1)OC1C(I)CCCC21. The number of hydrogen-bond acceptors (Lipinski definition) is 2. The lowest BCUT2D eigenvalue weighted by Crippen LogP contribution is -2.34. The molecule has 0 N–H and O–H groups in total. The Labute approximate surface area is 116 Å². The summed E-state index contributed by atoms with van der Waals surface area (Å²) in [7, 11) is 0. The molecule has 94 valence electrons. The van der Waals surface area contributed by atoms with Gasteiger partial charge in [0.25, 0.3) is 0 Å². The molecule has 1 heterocycles. The van der Waals surface area contributed by atoms with Gasteiger partial charge in [-0.1, -0.05) is 42.9 Å². The number of Topliss-reactive ketones (excluding diaryl/α,β-unsaturated/α-hetero) is 1. The highest BCUT2D eigenvalue weighted by Crippen LogP contribution is 2.50. The van der Waals surface area contributed by atoms with Crippen LogP contribution in [0.25, 0.3) is 0 Å². The number of ether oxygens (including phenoxy) is 1. The number of hydrogen-bond donors (Lipinski definition) is 0. The first kappa shape index (κ1) is 12.0. The van der Waals surface area contributed by atoms with Crippen LogP contribution in [0.2, 0.25) is 0 Å². The highest BCUT2D eigenvalue weighted by atomic mass is 127. The molecule has 0 radical (unpaired) electrons. The highest BCUT2D eigenvalue weighted by molar-refractivity contribution is 14.1. The Kier molecular flexibility index (Phi) is 2.80. The molecule has 3 atom stereocenters. The van der Waals surface area contributed by atoms with Crippen molar-refractivity contribution < 1.29 is 9.53 Å². The number of carbonyl (C=O) groups excluding carboxylic acids is 1. The maximum Gasteiger partial charge on any atom is 0.163 e. The van der Waals surface area contributed by atoms with Crippen LogP contribution in [0.5, 0.6) is 0 Å². The van der Waals surface area contributed by atoms with Crippen LogP contribution in [0.4, 0.5) is 0 Å². The summed E-state index contributed by atoms with van der Waals surface area (Å²) in [6.45, 7) is 4.34. The second kappa shape index (κ2) is 3.97. The number of alkyl halides is 1. The average molecular weight is 346 g/mol. The Morgan fingerprint density at radius 1 is 1.29 bits per heavy atom.